The zero-order chi connectivity index (χ0) is 20.8. The van der Waals surface area contributed by atoms with Crippen LogP contribution in [-0.4, -0.2) is 31.5 Å². The van der Waals surface area contributed by atoms with Crippen molar-refractivity contribution in [3.05, 3.63) is 59.2 Å². The zero-order valence-electron chi connectivity index (χ0n) is 17.4. The molecule has 0 atom stereocenters. The molecule has 0 bridgehead atoms. The normalized spacial score (nSPS) is 11.2. The van der Waals surface area contributed by atoms with Gasteiger partial charge in [0.2, 0.25) is 11.8 Å². The third-order valence-electron chi connectivity index (χ3n) is 3.88. The average molecular weight is 385 g/mol. The fourth-order valence-corrected chi connectivity index (χ4v) is 2.30. The first kappa shape index (κ1) is 23.2. The molecule has 0 saturated carbocycles. The van der Waals surface area contributed by atoms with Gasteiger partial charge >= 0.3 is 0 Å². The van der Waals surface area contributed by atoms with Crippen LogP contribution in [0.5, 0.6) is 5.75 Å². The number of carbonyl (C=O) groups excluding carboxylic acids is 2. The molecule has 2 amide bonds. The Bertz CT molecular complexity index is 712. The number of nitrogens with one attached hydrogen (secondary N) is 2. The Morgan fingerprint density at radius 1 is 0.964 bits per heavy atom. The van der Waals surface area contributed by atoms with Crippen LogP contribution < -0.4 is 15.4 Å². The lowest BCUT2D eigenvalue weighted by atomic mass is 10.1. The molecule has 2 N–H and O–H groups in total. The second kappa shape index (κ2) is 13.4. The van der Waals surface area contributed by atoms with E-state index < -0.39 is 0 Å². The number of amides is 2. The SMILES string of the molecule is CC(=O)NCCNC(=O)/C=C/c1ccc(OC/C=C(\C)CCC=C(C)C)cc1. The van der Waals surface area contributed by atoms with Crippen LogP contribution >= 0.6 is 0 Å². The zero-order valence-corrected chi connectivity index (χ0v) is 17.4. The van der Waals surface area contributed by atoms with Crippen LogP contribution in [0.25, 0.3) is 6.08 Å². The maximum atomic E-state index is 11.7. The highest BCUT2D eigenvalue weighted by Gasteiger charge is 1.97. The molecule has 0 saturated heterocycles. The Labute approximate surface area is 168 Å². The van der Waals surface area contributed by atoms with Crippen molar-refractivity contribution in [1.29, 1.82) is 0 Å². The largest absolute Gasteiger partial charge is 0.490 e. The van der Waals surface area contributed by atoms with Crippen molar-refractivity contribution in [2.45, 2.75) is 40.5 Å². The highest BCUT2D eigenvalue weighted by molar-refractivity contribution is 5.91. The summed E-state index contributed by atoms with van der Waals surface area (Å²) in [7, 11) is 0. The first-order chi connectivity index (χ1) is 13.4. The lowest BCUT2D eigenvalue weighted by Crippen LogP contribution is -2.32. The van der Waals surface area contributed by atoms with Gasteiger partial charge in [0, 0.05) is 26.1 Å². The minimum Gasteiger partial charge on any atom is -0.490 e. The Balaban J connectivity index is 2.35. The number of allylic oxidation sites excluding steroid dienone is 3. The van der Waals surface area contributed by atoms with Crippen molar-refractivity contribution in [3.8, 4) is 5.75 Å². The van der Waals surface area contributed by atoms with E-state index in [2.05, 4.69) is 43.6 Å². The van der Waals surface area contributed by atoms with Crippen molar-refractivity contribution in [2.24, 2.45) is 0 Å². The van der Waals surface area contributed by atoms with Gasteiger partial charge in [-0.3, -0.25) is 9.59 Å². The molecule has 1 aromatic rings. The van der Waals surface area contributed by atoms with Crippen LogP contribution in [-0.2, 0) is 9.59 Å². The monoisotopic (exact) mass is 384 g/mol. The lowest BCUT2D eigenvalue weighted by Gasteiger charge is -2.05. The van der Waals surface area contributed by atoms with Crippen molar-refractivity contribution in [2.75, 3.05) is 19.7 Å². The molecule has 0 unspecified atom stereocenters. The maximum Gasteiger partial charge on any atom is 0.244 e. The number of benzene rings is 1. The molecule has 1 aromatic carbocycles. The van der Waals surface area contributed by atoms with Gasteiger partial charge in [-0.15, -0.1) is 0 Å². The summed E-state index contributed by atoms with van der Waals surface area (Å²) in [5.74, 6) is 0.492. The van der Waals surface area contributed by atoms with E-state index in [0.29, 0.717) is 19.7 Å². The standard InChI is InChI=1S/C23H32N2O3/c1-18(2)6-5-7-19(3)14-17-28-22-11-8-21(9-12-22)10-13-23(27)25-16-15-24-20(4)26/h6,8-14H,5,7,15-17H2,1-4H3,(H,24,26)(H,25,27)/b13-10+,19-14+. The van der Waals surface area contributed by atoms with Gasteiger partial charge in [0.25, 0.3) is 0 Å². The van der Waals surface area contributed by atoms with Crippen molar-refractivity contribution < 1.29 is 14.3 Å². The van der Waals surface area contributed by atoms with Crippen LogP contribution in [0.1, 0.15) is 46.1 Å². The number of rotatable bonds is 11. The van der Waals surface area contributed by atoms with Crippen molar-refractivity contribution in [3.63, 3.8) is 0 Å². The van der Waals surface area contributed by atoms with E-state index in [4.69, 9.17) is 4.74 Å². The Morgan fingerprint density at radius 3 is 2.29 bits per heavy atom. The molecule has 1 rings (SSSR count). The van der Waals surface area contributed by atoms with Gasteiger partial charge in [-0.1, -0.05) is 29.4 Å². The summed E-state index contributed by atoms with van der Waals surface area (Å²) in [6.45, 7) is 9.16. The lowest BCUT2D eigenvalue weighted by molar-refractivity contribution is -0.119. The molecule has 0 aliphatic heterocycles. The minimum absolute atomic E-state index is 0.110. The maximum absolute atomic E-state index is 11.7. The molecule has 0 aliphatic carbocycles. The molecule has 152 valence electrons. The molecule has 0 radical (unpaired) electrons. The predicted molar refractivity (Wildman–Crippen MR) is 115 cm³/mol. The molecule has 28 heavy (non-hydrogen) atoms. The fraction of sp³-hybridized carbons (Fsp3) is 0.391. The summed E-state index contributed by atoms with van der Waals surface area (Å²) in [5, 5.41) is 5.32. The molecule has 0 aliphatic rings. The Morgan fingerprint density at radius 2 is 1.64 bits per heavy atom. The molecule has 0 spiro atoms. The first-order valence-corrected chi connectivity index (χ1v) is 9.59. The number of hydrogen-bond acceptors (Lipinski definition) is 3. The summed E-state index contributed by atoms with van der Waals surface area (Å²) >= 11 is 0. The summed E-state index contributed by atoms with van der Waals surface area (Å²) in [5.41, 5.74) is 3.58. The van der Waals surface area contributed by atoms with Crippen molar-refractivity contribution in [1.82, 2.24) is 10.6 Å². The van der Waals surface area contributed by atoms with E-state index in [1.165, 1.54) is 24.1 Å². The van der Waals surface area contributed by atoms with Crippen LogP contribution in [0.15, 0.2) is 53.6 Å². The smallest absolute Gasteiger partial charge is 0.244 e. The Hall–Kier alpha value is -2.82. The van der Waals surface area contributed by atoms with Crippen LogP contribution in [0.2, 0.25) is 0 Å². The van der Waals surface area contributed by atoms with Gasteiger partial charge in [0.1, 0.15) is 12.4 Å². The van der Waals surface area contributed by atoms with Gasteiger partial charge in [0.15, 0.2) is 0 Å². The minimum atomic E-state index is -0.195. The average Bonchev–Trinajstić information content (AvgIpc) is 2.64. The number of hydrogen-bond donors (Lipinski definition) is 2. The van der Waals surface area contributed by atoms with Crippen LogP contribution in [0, 0.1) is 0 Å². The Kier molecular flexibility index (Phi) is 11.1. The predicted octanol–water partition coefficient (Wildman–Crippen LogP) is 4.02. The molecular weight excluding hydrogens is 352 g/mol. The highest BCUT2D eigenvalue weighted by Crippen LogP contribution is 2.14. The van der Waals surface area contributed by atoms with E-state index in [9.17, 15) is 9.59 Å². The van der Waals surface area contributed by atoms with Gasteiger partial charge in [-0.2, -0.15) is 0 Å². The molecule has 0 fully saturated rings. The molecule has 0 aromatic heterocycles. The van der Waals surface area contributed by atoms with E-state index in [1.807, 2.05) is 24.3 Å². The fourth-order valence-electron chi connectivity index (χ4n) is 2.30. The van der Waals surface area contributed by atoms with E-state index >= 15 is 0 Å². The molecule has 0 heterocycles. The van der Waals surface area contributed by atoms with Gasteiger partial charge in [0.05, 0.1) is 0 Å². The van der Waals surface area contributed by atoms with E-state index in [1.54, 1.807) is 6.08 Å². The molecular formula is C23H32N2O3. The number of ether oxygens (including phenoxy) is 1. The molecule has 5 heteroatoms. The first-order valence-electron chi connectivity index (χ1n) is 9.59. The topological polar surface area (TPSA) is 67.4 Å². The summed E-state index contributed by atoms with van der Waals surface area (Å²) in [6.07, 6.45) is 9.68. The van der Waals surface area contributed by atoms with Crippen LogP contribution in [0.4, 0.5) is 0 Å². The van der Waals surface area contributed by atoms with Crippen molar-refractivity contribution >= 4 is 17.9 Å². The summed E-state index contributed by atoms with van der Waals surface area (Å²) < 4.78 is 5.74. The highest BCUT2D eigenvalue weighted by atomic mass is 16.5. The summed E-state index contributed by atoms with van der Waals surface area (Å²) in [4.78, 5) is 22.4. The van der Waals surface area contributed by atoms with E-state index in [-0.39, 0.29) is 11.8 Å². The van der Waals surface area contributed by atoms with Gasteiger partial charge in [-0.25, -0.2) is 0 Å². The third-order valence-corrected chi connectivity index (χ3v) is 3.88. The second-order valence-electron chi connectivity index (χ2n) is 6.86. The van der Waals surface area contributed by atoms with E-state index in [0.717, 1.165) is 24.2 Å². The molecule has 5 nitrogen and oxygen atoms in total. The van der Waals surface area contributed by atoms with Crippen LogP contribution in [0.3, 0.4) is 0 Å². The third kappa shape index (κ3) is 11.7. The quantitative estimate of drug-likeness (QED) is 0.344. The van der Waals surface area contributed by atoms with Gasteiger partial charge < -0.3 is 15.4 Å². The summed E-state index contributed by atoms with van der Waals surface area (Å²) in [6, 6.07) is 7.59. The second-order valence-corrected chi connectivity index (χ2v) is 6.86. The van der Waals surface area contributed by atoms with Gasteiger partial charge in [-0.05, 0) is 63.5 Å². The number of carbonyl (C=O) groups is 2.